The standard InChI is InChI=1S/C25H23NO3/c27-18-14-24(17-8-2-1-3-9-17)26(15-18)25(28)29-16-23-21-12-6-4-10-19(21)20-11-5-7-13-22(20)23/h1-13,18,23-24,27H,14-16H2. The zero-order chi connectivity index (χ0) is 19.8. The van der Waals surface area contributed by atoms with Crippen molar-refractivity contribution in [1.29, 1.82) is 0 Å². The van der Waals surface area contributed by atoms with Crippen molar-refractivity contribution < 1.29 is 14.6 Å². The number of aliphatic hydroxyl groups is 1. The van der Waals surface area contributed by atoms with Crippen LogP contribution >= 0.6 is 0 Å². The molecular weight excluding hydrogens is 362 g/mol. The van der Waals surface area contributed by atoms with Crippen LogP contribution in [0.25, 0.3) is 11.1 Å². The third-order valence-corrected chi connectivity index (χ3v) is 6.03. The second-order valence-electron chi connectivity index (χ2n) is 7.77. The smallest absolute Gasteiger partial charge is 0.410 e. The van der Waals surface area contributed by atoms with Gasteiger partial charge in [-0.15, -0.1) is 0 Å². The van der Waals surface area contributed by atoms with E-state index in [1.165, 1.54) is 22.3 Å². The summed E-state index contributed by atoms with van der Waals surface area (Å²) < 4.78 is 5.80. The average Bonchev–Trinajstić information content (AvgIpc) is 3.31. The van der Waals surface area contributed by atoms with E-state index in [9.17, 15) is 9.90 Å². The van der Waals surface area contributed by atoms with Gasteiger partial charge in [0.15, 0.2) is 0 Å². The van der Waals surface area contributed by atoms with Crippen molar-refractivity contribution in [2.45, 2.75) is 24.5 Å². The number of likely N-dealkylation sites (tertiary alicyclic amines) is 1. The molecule has 3 aromatic carbocycles. The highest BCUT2D eigenvalue weighted by molar-refractivity contribution is 5.79. The Bertz CT molecular complexity index is 988. The number of amides is 1. The van der Waals surface area contributed by atoms with Gasteiger partial charge in [-0.05, 0) is 34.2 Å². The van der Waals surface area contributed by atoms with E-state index in [0.717, 1.165) is 5.56 Å². The number of carbonyl (C=O) groups excluding carboxylic acids is 1. The van der Waals surface area contributed by atoms with Crippen LogP contribution in [0.15, 0.2) is 78.9 Å². The van der Waals surface area contributed by atoms with Crippen LogP contribution in [0, 0.1) is 0 Å². The second-order valence-corrected chi connectivity index (χ2v) is 7.77. The zero-order valence-electron chi connectivity index (χ0n) is 16.1. The molecule has 0 radical (unpaired) electrons. The molecule has 4 nitrogen and oxygen atoms in total. The first-order chi connectivity index (χ1) is 14.2. The maximum absolute atomic E-state index is 12.9. The van der Waals surface area contributed by atoms with Crippen LogP contribution in [0.1, 0.15) is 35.1 Å². The lowest BCUT2D eigenvalue weighted by Gasteiger charge is -2.25. The Labute approximate surface area is 170 Å². The van der Waals surface area contributed by atoms with Crippen molar-refractivity contribution in [2.24, 2.45) is 0 Å². The minimum atomic E-state index is -0.527. The first-order valence-corrected chi connectivity index (χ1v) is 10.1. The molecule has 0 bridgehead atoms. The van der Waals surface area contributed by atoms with E-state index >= 15 is 0 Å². The number of β-amino-alcohol motifs (C(OH)–C–C–N with tert-alkyl or cyclic N) is 1. The first kappa shape index (κ1) is 18.0. The van der Waals surface area contributed by atoms with E-state index in [4.69, 9.17) is 4.74 Å². The van der Waals surface area contributed by atoms with E-state index in [-0.39, 0.29) is 18.1 Å². The molecule has 0 saturated carbocycles. The summed E-state index contributed by atoms with van der Waals surface area (Å²) in [6, 6.07) is 26.3. The summed E-state index contributed by atoms with van der Waals surface area (Å²) in [4.78, 5) is 14.6. The van der Waals surface area contributed by atoms with Crippen LogP contribution in [-0.4, -0.2) is 35.4 Å². The van der Waals surface area contributed by atoms with Crippen molar-refractivity contribution in [1.82, 2.24) is 4.90 Å². The van der Waals surface area contributed by atoms with Crippen molar-refractivity contribution in [3.63, 3.8) is 0 Å². The summed E-state index contributed by atoms with van der Waals surface area (Å²) in [5.41, 5.74) is 5.84. The van der Waals surface area contributed by atoms with Crippen LogP contribution in [0.3, 0.4) is 0 Å². The number of rotatable bonds is 3. The summed E-state index contributed by atoms with van der Waals surface area (Å²) in [5.74, 6) is 0.0362. The van der Waals surface area contributed by atoms with Crippen molar-refractivity contribution in [3.05, 3.63) is 95.6 Å². The molecule has 1 amide bonds. The lowest BCUT2D eigenvalue weighted by molar-refractivity contribution is 0.0910. The van der Waals surface area contributed by atoms with Gasteiger partial charge in [-0.2, -0.15) is 0 Å². The van der Waals surface area contributed by atoms with Gasteiger partial charge in [0.05, 0.1) is 18.7 Å². The number of aliphatic hydroxyl groups excluding tert-OH is 1. The molecule has 0 spiro atoms. The highest BCUT2D eigenvalue weighted by Gasteiger charge is 2.37. The highest BCUT2D eigenvalue weighted by Crippen LogP contribution is 2.44. The Kier molecular flexibility index (Phi) is 4.57. The van der Waals surface area contributed by atoms with Crippen molar-refractivity contribution in [3.8, 4) is 11.1 Å². The van der Waals surface area contributed by atoms with E-state index in [2.05, 4.69) is 24.3 Å². The maximum Gasteiger partial charge on any atom is 0.410 e. The first-order valence-electron chi connectivity index (χ1n) is 10.1. The third kappa shape index (κ3) is 3.19. The molecule has 2 unspecified atom stereocenters. The number of ether oxygens (including phenoxy) is 1. The van der Waals surface area contributed by atoms with Crippen molar-refractivity contribution >= 4 is 6.09 Å². The summed E-state index contributed by atoms with van der Waals surface area (Å²) >= 11 is 0. The lowest BCUT2D eigenvalue weighted by Crippen LogP contribution is -2.33. The van der Waals surface area contributed by atoms with E-state index in [1.807, 2.05) is 54.6 Å². The van der Waals surface area contributed by atoms with Crippen molar-refractivity contribution in [2.75, 3.05) is 13.2 Å². The minimum Gasteiger partial charge on any atom is -0.448 e. The Morgan fingerprint density at radius 2 is 1.48 bits per heavy atom. The fourth-order valence-electron chi connectivity index (χ4n) is 4.68. The van der Waals surface area contributed by atoms with Crippen LogP contribution in [0.4, 0.5) is 4.79 Å². The van der Waals surface area contributed by atoms with Crippen LogP contribution in [0.5, 0.6) is 0 Å². The molecule has 2 atom stereocenters. The number of nitrogens with zero attached hydrogens (tertiary/aromatic N) is 1. The van der Waals surface area contributed by atoms with Crippen LogP contribution < -0.4 is 0 Å². The molecule has 4 heteroatoms. The quantitative estimate of drug-likeness (QED) is 0.708. The van der Waals surface area contributed by atoms with E-state index < -0.39 is 6.10 Å². The van der Waals surface area contributed by atoms with E-state index in [1.54, 1.807) is 4.90 Å². The topological polar surface area (TPSA) is 49.8 Å². The Morgan fingerprint density at radius 1 is 0.897 bits per heavy atom. The summed E-state index contributed by atoms with van der Waals surface area (Å²) in [6.45, 7) is 0.594. The molecule has 1 fully saturated rings. The van der Waals surface area contributed by atoms with E-state index in [0.29, 0.717) is 19.6 Å². The molecule has 3 aromatic rings. The Morgan fingerprint density at radius 3 is 2.14 bits per heavy atom. The number of benzene rings is 3. The maximum atomic E-state index is 12.9. The number of hydrogen-bond acceptors (Lipinski definition) is 3. The minimum absolute atomic E-state index is 0.0362. The normalized spacial score (nSPS) is 20.4. The van der Waals surface area contributed by atoms with Gasteiger partial charge in [-0.1, -0.05) is 78.9 Å². The molecular formula is C25H23NO3. The van der Waals surface area contributed by atoms with Gasteiger partial charge in [0.25, 0.3) is 0 Å². The molecule has 5 rings (SSSR count). The number of hydrogen-bond donors (Lipinski definition) is 1. The molecule has 1 saturated heterocycles. The molecule has 1 aliphatic carbocycles. The average molecular weight is 385 g/mol. The van der Waals surface area contributed by atoms with Gasteiger partial charge in [-0.25, -0.2) is 4.79 Å². The molecule has 0 aromatic heterocycles. The predicted molar refractivity (Wildman–Crippen MR) is 112 cm³/mol. The molecule has 2 aliphatic rings. The summed E-state index contributed by atoms with van der Waals surface area (Å²) in [6.07, 6.45) is -0.355. The molecule has 1 N–H and O–H groups in total. The largest absolute Gasteiger partial charge is 0.448 e. The molecule has 1 heterocycles. The predicted octanol–water partition coefficient (Wildman–Crippen LogP) is 4.74. The Balaban J connectivity index is 1.36. The summed E-state index contributed by atoms with van der Waals surface area (Å²) in [5, 5.41) is 10.2. The second kappa shape index (κ2) is 7.37. The van der Waals surface area contributed by atoms with Gasteiger partial charge in [0.2, 0.25) is 0 Å². The number of fused-ring (bicyclic) bond motifs is 3. The van der Waals surface area contributed by atoms with Crippen LogP contribution in [0.2, 0.25) is 0 Å². The fourth-order valence-corrected chi connectivity index (χ4v) is 4.68. The molecule has 146 valence electrons. The molecule has 1 aliphatic heterocycles. The molecule has 29 heavy (non-hydrogen) atoms. The van der Waals surface area contributed by atoms with Gasteiger partial charge in [-0.3, -0.25) is 4.90 Å². The summed E-state index contributed by atoms with van der Waals surface area (Å²) in [7, 11) is 0. The van der Waals surface area contributed by atoms with Gasteiger partial charge in [0, 0.05) is 5.92 Å². The lowest BCUT2D eigenvalue weighted by atomic mass is 9.98. The number of carbonyl (C=O) groups is 1. The van der Waals surface area contributed by atoms with Crippen LogP contribution in [-0.2, 0) is 4.74 Å². The monoisotopic (exact) mass is 385 g/mol. The van der Waals surface area contributed by atoms with Gasteiger partial charge in [0.1, 0.15) is 6.61 Å². The highest BCUT2D eigenvalue weighted by atomic mass is 16.6. The van der Waals surface area contributed by atoms with Gasteiger partial charge >= 0.3 is 6.09 Å². The van der Waals surface area contributed by atoms with Gasteiger partial charge < -0.3 is 9.84 Å². The SMILES string of the molecule is O=C(OCC1c2ccccc2-c2ccccc21)N1CC(O)CC1c1ccccc1. The fraction of sp³-hybridized carbons (Fsp3) is 0.240. The third-order valence-electron chi connectivity index (χ3n) is 6.03. The Hall–Kier alpha value is -3.11. The zero-order valence-corrected chi connectivity index (χ0v) is 16.1.